The molecule has 0 atom stereocenters. The Bertz CT molecular complexity index is 1750. The second kappa shape index (κ2) is 12.3. The number of fused-ring (bicyclic) bond motifs is 1. The van der Waals surface area contributed by atoms with E-state index in [-0.39, 0.29) is 35.8 Å². The molecular weight excluding hydrogens is 544 g/mol. The van der Waals surface area contributed by atoms with Gasteiger partial charge in [0.1, 0.15) is 6.33 Å². The van der Waals surface area contributed by atoms with E-state index in [4.69, 9.17) is 4.74 Å². The first-order valence-electron chi connectivity index (χ1n) is 15.1. The molecule has 1 N–H and O–H groups in total. The molecule has 3 heterocycles. The van der Waals surface area contributed by atoms with Crippen LogP contribution in [-0.4, -0.2) is 43.4 Å². The van der Waals surface area contributed by atoms with E-state index >= 15 is 0 Å². The number of nitrogens with one attached hydrogen (secondary N) is 1. The van der Waals surface area contributed by atoms with Crippen LogP contribution in [0, 0.1) is 5.92 Å². The zero-order valence-electron chi connectivity index (χ0n) is 24.6. The minimum absolute atomic E-state index is 0.0627. The number of hydrogen-bond donors (Lipinski definition) is 1. The van der Waals surface area contributed by atoms with Crippen LogP contribution in [0.25, 0.3) is 16.9 Å². The third-order valence-corrected chi connectivity index (χ3v) is 8.50. The van der Waals surface area contributed by atoms with Crippen molar-refractivity contribution in [2.45, 2.75) is 71.3 Å². The predicted octanol–water partition coefficient (Wildman–Crippen LogP) is 4.62. The van der Waals surface area contributed by atoms with Gasteiger partial charge in [-0.05, 0) is 61.8 Å². The summed E-state index contributed by atoms with van der Waals surface area (Å²) in [5, 5.41) is 8.87. The number of benzene rings is 2. The molecule has 0 spiro atoms. The monoisotopic (exact) mass is 580 g/mol. The Morgan fingerprint density at radius 2 is 1.81 bits per heavy atom. The lowest BCUT2D eigenvalue weighted by molar-refractivity contribution is -0.149. The summed E-state index contributed by atoms with van der Waals surface area (Å²) in [6.07, 6.45) is 6.36. The predicted molar refractivity (Wildman–Crippen MR) is 163 cm³/mol. The van der Waals surface area contributed by atoms with Crippen LogP contribution < -0.4 is 11.0 Å². The van der Waals surface area contributed by atoms with Crippen molar-refractivity contribution in [2.75, 3.05) is 6.61 Å². The van der Waals surface area contributed by atoms with E-state index < -0.39 is 0 Å². The molecule has 0 radical (unpaired) electrons. The summed E-state index contributed by atoms with van der Waals surface area (Å²) in [6, 6.07) is 16.1. The topological polar surface area (TPSA) is 120 Å². The van der Waals surface area contributed by atoms with E-state index in [0.717, 1.165) is 34.4 Å². The lowest BCUT2D eigenvalue weighted by atomic mass is 9.85. The molecule has 0 bridgehead atoms. The molecule has 2 aromatic carbocycles. The Hall–Kier alpha value is -4.60. The summed E-state index contributed by atoms with van der Waals surface area (Å²) in [5.74, 6) is 0.114. The number of carbonyl (C=O) groups excluding carboxylic acids is 2. The second-order valence-electron chi connectivity index (χ2n) is 11.3. The van der Waals surface area contributed by atoms with Crippen molar-refractivity contribution in [3.8, 4) is 11.1 Å². The number of rotatable bonds is 9. The zero-order chi connectivity index (χ0) is 29.9. The molecule has 6 rings (SSSR count). The number of aromatic nitrogens is 4. The van der Waals surface area contributed by atoms with Gasteiger partial charge in [-0.15, -0.1) is 0 Å². The van der Waals surface area contributed by atoms with Crippen molar-refractivity contribution in [3.05, 3.63) is 87.6 Å². The molecule has 10 heteroatoms. The number of ether oxygens (including phenoxy) is 1. The van der Waals surface area contributed by atoms with E-state index in [0.29, 0.717) is 62.2 Å². The van der Waals surface area contributed by atoms with Gasteiger partial charge in [0.05, 0.1) is 30.4 Å². The zero-order valence-corrected chi connectivity index (χ0v) is 24.6. The number of amides is 1. The maximum absolute atomic E-state index is 14.4. The Morgan fingerprint density at radius 3 is 2.51 bits per heavy atom. The highest BCUT2D eigenvalue weighted by Crippen LogP contribution is 2.34. The lowest BCUT2D eigenvalue weighted by Crippen LogP contribution is -2.35. The van der Waals surface area contributed by atoms with Crippen LogP contribution in [-0.2, 0) is 27.2 Å². The molecule has 2 aromatic heterocycles. The first-order valence-corrected chi connectivity index (χ1v) is 15.1. The van der Waals surface area contributed by atoms with Gasteiger partial charge >= 0.3 is 5.97 Å². The van der Waals surface area contributed by atoms with Crippen LogP contribution in [0.1, 0.15) is 80.8 Å². The molecule has 1 aliphatic carbocycles. The van der Waals surface area contributed by atoms with Crippen LogP contribution in [0.15, 0.2) is 64.8 Å². The summed E-state index contributed by atoms with van der Waals surface area (Å²) in [4.78, 5) is 43.3. The largest absolute Gasteiger partial charge is 0.466 e. The van der Waals surface area contributed by atoms with Gasteiger partial charge in [0.25, 0.3) is 5.56 Å². The minimum atomic E-state index is -0.154. The summed E-state index contributed by atoms with van der Waals surface area (Å²) in [6.45, 7) is 4.28. The van der Waals surface area contributed by atoms with Crippen LogP contribution >= 0.6 is 0 Å². The first-order chi connectivity index (χ1) is 21.0. The standard InChI is InChI=1S/C33H36N6O4/c1-3-8-29-27(18-21-11-16-25(22-9-6-5-7-10-22)26(17-21)28-19-30(40)37-36-28)31(41)38(33-34-20-35-39(29)33)24-14-12-23(13-15-24)32(42)43-4-2/h5-7,9-11,16-17,20,23-24H,3-4,8,12-15,18-19H2,1-2H3,(H,37,40). The fourth-order valence-electron chi connectivity index (χ4n) is 6.44. The molecule has 10 nitrogen and oxygen atoms in total. The number of aryl methyl sites for hydroxylation is 1. The molecule has 43 heavy (non-hydrogen) atoms. The van der Waals surface area contributed by atoms with E-state index in [1.54, 1.807) is 4.57 Å². The quantitative estimate of drug-likeness (QED) is 0.289. The van der Waals surface area contributed by atoms with E-state index in [1.165, 1.54) is 6.33 Å². The second-order valence-corrected chi connectivity index (χ2v) is 11.3. The Morgan fingerprint density at radius 1 is 1.02 bits per heavy atom. The van der Waals surface area contributed by atoms with Gasteiger partial charge in [0, 0.05) is 23.6 Å². The summed E-state index contributed by atoms with van der Waals surface area (Å²) in [5.41, 5.74) is 8.58. The molecule has 222 valence electrons. The van der Waals surface area contributed by atoms with E-state index in [9.17, 15) is 14.4 Å². The van der Waals surface area contributed by atoms with E-state index in [1.807, 2.05) is 53.9 Å². The number of carbonyl (C=O) groups is 2. The van der Waals surface area contributed by atoms with Gasteiger partial charge in [-0.2, -0.15) is 15.2 Å². The number of nitrogens with zero attached hydrogens (tertiary/aromatic N) is 5. The molecule has 1 amide bonds. The molecule has 1 saturated carbocycles. The smallest absolute Gasteiger partial charge is 0.308 e. The van der Waals surface area contributed by atoms with E-state index in [2.05, 4.69) is 33.6 Å². The van der Waals surface area contributed by atoms with Gasteiger partial charge < -0.3 is 4.74 Å². The summed E-state index contributed by atoms with van der Waals surface area (Å²) >= 11 is 0. The summed E-state index contributed by atoms with van der Waals surface area (Å²) < 4.78 is 8.87. The van der Waals surface area contributed by atoms with Gasteiger partial charge in [0.15, 0.2) is 0 Å². The average molecular weight is 581 g/mol. The summed E-state index contributed by atoms with van der Waals surface area (Å²) in [7, 11) is 0. The average Bonchev–Trinajstić information content (AvgIpc) is 3.69. The number of esters is 1. The molecule has 2 aliphatic rings. The van der Waals surface area contributed by atoms with Crippen LogP contribution in [0.2, 0.25) is 0 Å². The lowest BCUT2D eigenvalue weighted by Gasteiger charge is -2.29. The fourth-order valence-corrected chi connectivity index (χ4v) is 6.44. The number of hydrogen-bond acceptors (Lipinski definition) is 7. The van der Waals surface area contributed by atoms with Gasteiger partial charge in [-0.1, -0.05) is 55.8 Å². The van der Waals surface area contributed by atoms with Gasteiger partial charge in [-0.25, -0.2) is 9.94 Å². The highest BCUT2D eigenvalue weighted by molar-refractivity contribution is 6.16. The van der Waals surface area contributed by atoms with Gasteiger partial charge in [0.2, 0.25) is 11.7 Å². The third kappa shape index (κ3) is 5.61. The normalized spacial score (nSPS) is 18.5. The number of hydrazone groups is 1. The van der Waals surface area contributed by atoms with Crippen molar-refractivity contribution in [2.24, 2.45) is 11.0 Å². The van der Waals surface area contributed by atoms with Gasteiger partial charge in [-0.3, -0.25) is 19.0 Å². The third-order valence-electron chi connectivity index (χ3n) is 8.50. The molecule has 0 saturated heterocycles. The Kier molecular flexibility index (Phi) is 8.18. The van der Waals surface area contributed by atoms with Crippen molar-refractivity contribution >= 4 is 23.4 Å². The molecule has 0 unspecified atom stereocenters. The van der Waals surface area contributed by atoms with Crippen molar-refractivity contribution in [1.29, 1.82) is 0 Å². The minimum Gasteiger partial charge on any atom is -0.466 e. The maximum Gasteiger partial charge on any atom is 0.308 e. The molecule has 1 aliphatic heterocycles. The first kappa shape index (κ1) is 28.5. The SMILES string of the molecule is CCCc1c(Cc2ccc(-c3ccccc3)c(C3=NNC(=O)C3)c2)c(=O)n(C2CCC(C(=O)OCC)CC2)c2ncnn12. The highest BCUT2D eigenvalue weighted by atomic mass is 16.5. The molecular formula is C33H36N6O4. The fraction of sp³-hybridized carbons (Fsp3) is 0.394. The van der Waals surface area contributed by atoms with Crippen LogP contribution in [0.3, 0.4) is 0 Å². The molecule has 4 aromatic rings. The highest BCUT2D eigenvalue weighted by Gasteiger charge is 2.31. The van der Waals surface area contributed by atoms with Crippen LogP contribution in [0.4, 0.5) is 0 Å². The molecule has 1 fully saturated rings. The Labute approximate surface area is 249 Å². The maximum atomic E-state index is 14.4. The van der Waals surface area contributed by atoms with Crippen molar-refractivity contribution in [3.63, 3.8) is 0 Å². The van der Waals surface area contributed by atoms with Crippen LogP contribution in [0.5, 0.6) is 0 Å². The van der Waals surface area contributed by atoms with Crippen molar-refractivity contribution < 1.29 is 14.3 Å². The Balaban J connectivity index is 1.41. The van der Waals surface area contributed by atoms with Crippen molar-refractivity contribution in [1.82, 2.24) is 24.6 Å².